The van der Waals surface area contributed by atoms with Gasteiger partial charge >= 0.3 is 0 Å². The van der Waals surface area contributed by atoms with E-state index in [4.69, 9.17) is 0 Å². The maximum Gasteiger partial charge on any atom is 0.101 e. The second-order valence-corrected chi connectivity index (χ2v) is 5.20. The lowest BCUT2D eigenvalue weighted by molar-refractivity contribution is 1.54. The number of nitriles is 1. The van der Waals surface area contributed by atoms with Crippen LogP contribution in [0.5, 0.6) is 0 Å². The molecule has 0 aliphatic heterocycles. The summed E-state index contributed by atoms with van der Waals surface area (Å²) in [5, 5.41) is 13.7. The van der Waals surface area contributed by atoms with E-state index < -0.39 is 0 Å². The van der Waals surface area contributed by atoms with Crippen molar-refractivity contribution in [1.29, 1.82) is 5.26 Å². The fourth-order valence-electron chi connectivity index (χ4n) is 2.05. The molecule has 0 spiro atoms. The lowest BCUT2D eigenvalue weighted by Crippen LogP contribution is -1.78. The van der Waals surface area contributed by atoms with Gasteiger partial charge in [-0.3, -0.25) is 0 Å². The molecule has 0 fully saturated rings. The number of fused-ring (bicyclic) bond motifs is 1. The van der Waals surface area contributed by atoms with Gasteiger partial charge in [-0.2, -0.15) is 5.26 Å². The number of hydrogen-bond acceptors (Lipinski definition) is 2. The minimum Gasteiger partial charge on any atom is -0.192 e. The van der Waals surface area contributed by atoms with Crippen molar-refractivity contribution in [3.8, 4) is 6.07 Å². The molecule has 0 aliphatic carbocycles. The number of hydrogen-bond donors (Lipinski definition) is 0. The van der Waals surface area contributed by atoms with Gasteiger partial charge in [0.05, 0.1) is 5.57 Å². The van der Waals surface area contributed by atoms with Crippen molar-refractivity contribution in [3.05, 3.63) is 70.4 Å². The fraction of sp³-hybridized carbons (Fsp3) is 0. The van der Waals surface area contributed by atoms with E-state index in [0.29, 0.717) is 5.57 Å². The first-order valence-electron chi connectivity index (χ1n) is 6.01. The summed E-state index contributed by atoms with van der Waals surface area (Å²) in [5.41, 5.74) is 1.77. The Hall–Kier alpha value is -2.37. The predicted octanol–water partition coefficient (Wildman–Crippen LogP) is 4.97. The smallest absolute Gasteiger partial charge is 0.101 e. The number of rotatable bonds is 2. The van der Waals surface area contributed by atoms with E-state index in [1.54, 1.807) is 11.3 Å². The van der Waals surface area contributed by atoms with E-state index in [0.717, 1.165) is 10.4 Å². The minimum absolute atomic E-state index is 0.713. The molecule has 0 amide bonds. The van der Waals surface area contributed by atoms with E-state index in [9.17, 15) is 5.26 Å². The molecule has 1 nitrogen and oxygen atoms in total. The van der Waals surface area contributed by atoms with E-state index in [1.165, 1.54) is 10.8 Å². The molecule has 2 heteroatoms. The van der Waals surface area contributed by atoms with Gasteiger partial charge < -0.3 is 0 Å². The van der Waals surface area contributed by atoms with Crippen LogP contribution in [0.3, 0.4) is 0 Å². The Bertz CT molecular complexity index is 776. The second kappa shape index (κ2) is 5.09. The van der Waals surface area contributed by atoms with Crippen molar-refractivity contribution >= 4 is 33.8 Å². The molecule has 0 saturated heterocycles. The second-order valence-electron chi connectivity index (χ2n) is 4.25. The van der Waals surface area contributed by atoms with Gasteiger partial charge in [0, 0.05) is 4.88 Å². The van der Waals surface area contributed by atoms with E-state index in [-0.39, 0.29) is 0 Å². The van der Waals surface area contributed by atoms with Gasteiger partial charge in [0.15, 0.2) is 0 Å². The molecular formula is C17H11NS. The third-order valence-electron chi connectivity index (χ3n) is 2.99. The first kappa shape index (κ1) is 11.7. The van der Waals surface area contributed by atoms with Crippen molar-refractivity contribution in [1.82, 2.24) is 0 Å². The van der Waals surface area contributed by atoms with Gasteiger partial charge in [-0.25, -0.2) is 0 Å². The standard InChI is InChI=1S/C17H11NS/c18-12-16(17-6-3-9-19-17)11-13-7-8-14-4-1-2-5-15(14)10-13/h1-11H/b16-11-. The van der Waals surface area contributed by atoms with E-state index in [2.05, 4.69) is 30.3 Å². The van der Waals surface area contributed by atoms with Crippen LogP contribution in [-0.2, 0) is 0 Å². The molecule has 90 valence electrons. The SMILES string of the molecule is N#C/C(=C/c1ccc2ccccc2c1)c1cccs1. The number of allylic oxidation sites excluding steroid dienone is 1. The molecule has 3 rings (SSSR count). The highest BCUT2D eigenvalue weighted by Crippen LogP contribution is 2.23. The first-order chi connectivity index (χ1) is 9.36. The Kier molecular flexibility index (Phi) is 3.14. The summed E-state index contributed by atoms with van der Waals surface area (Å²) >= 11 is 1.59. The Morgan fingerprint density at radius 2 is 1.84 bits per heavy atom. The van der Waals surface area contributed by atoms with Crippen LogP contribution in [0.25, 0.3) is 22.4 Å². The van der Waals surface area contributed by atoms with Crippen LogP contribution in [-0.4, -0.2) is 0 Å². The van der Waals surface area contributed by atoms with Gasteiger partial charge in [-0.1, -0.05) is 42.5 Å². The normalized spacial score (nSPS) is 11.4. The summed E-state index contributed by atoms with van der Waals surface area (Å²) in [7, 11) is 0. The van der Waals surface area contributed by atoms with Crippen molar-refractivity contribution in [2.24, 2.45) is 0 Å². The van der Waals surface area contributed by atoms with Crippen LogP contribution >= 0.6 is 11.3 Å². The quantitative estimate of drug-likeness (QED) is 0.598. The molecule has 0 N–H and O–H groups in total. The summed E-state index contributed by atoms with van der Waals surface area (Å²) in [6.07, 6.45) is 1.94. The molecule has 2 aromatic carbocycles. The zero-order chi connectivity index (χ0) is 13.1. The maximum absolute atomic E-state index is 9.26. The van der Waals surface area contributed by atoms with Gasteiger partial charge in [-0.05, 0) is 39.9 Å². The predicted molar refractivity (Wildman–Crippen MR) is 81.8 cm³/mol. The topological polar surface area (TPSA) is 23.8 Å². The van der Waals surface area contributed by atoms with Gasteiger partial charge in [0.25, 0.3) is 0 Å². The van der Waals surface area contributed by atoms with Crippen molar-refractivity contribution in [2.45, 2.75) is 0 Å². The van der Waals surface area contributed by atoms with Crippen molar-refractivity contribution in [3.63, 3.8) is 0 Å². The van der Waals surface area contributed by atoms with Crippen LogP contribution in [0.1, 0.15) is 10.4 Å². The number of thiophene rings is 1. The molecule has 0 saturated carbocycles. The molecular weight excluding hydrogens is 250 g/mol. The molecule has 19 heavy (non-hydrogen) atoms. The average molecular weight is 261 g/mol. The lowest BCUT2D eigenvalue weighted by Gasteiger charge is -2.00. The summed E-state index contributed by atoms with van der Waals surface area (Å²) in [6, 6.07) is 20.7. The minimum atomic E-state index is 0.713. The third-order valence-corrected chi connectivity index (χ3v) is 3.89. The van der Waals surface area contributed by atoms with Crippen LogP contribution < -0.4 is 0 Å². The molecule has 0 aliphatic rings. The summed E-state index contributed by atoms with van der Waals surface area (Å²) in [6.45, 7) is 0. The summed E-state index contributed by atoms with van der Waals surface area (Å²) in [5.74, 6) is 0. The summed E-state index contributed by atoms with van der Waals surface area (Å²) in [4.78, 5) is 1.01. The highest BCUT2D eigenvalue weighted by molar-refractivity contribution is 7.11. The molecule has 1 aromatic heterocycles. The van der Waals surface area contributed by atoms with Crippen LogP contribution in [0, 0.1) is 11.3 Å². The fourth-order valence-corrected chi connectivity index (χ4v) is 2.75. The van der Waals surface area contributed by atoms with Gasteiger partial charge in [-0.15, -0.1) is 11.3 Å². The Morgan fingerprint density at radius 1 is 1.00 bits per heavy atom. The van der Waals surface area contributed by atoms with E-state index >= 15 is 0 Å². The van der Waals surface area contributed by atoms with Crippen molar-refractivity contribution < 1.29 is 0 Å². The molecule has 1 heterocycles. The van der Waals surface area contributed by atoms with Gasteiger partial charge in [0.2, 0.25) is 0 Å². The number of benzene rings is 2. The van der Waals surface area contributed by atoms with Crippen LogP contribution in [0.2, 0.25) is 0 Å². The molecule has 0 unspecified atom stereocenters. The van der Waals surface area contributed by atoms with E-state index in [1.807, 2.05) is 41.8 Å². The molecule has 0 atom stereocenters. The highest BCUT2D eigenvalue weighted by atomic mass is 32.1. The van der Waals surface area contributed by atoms with Gasteiger partial charge in [0.1, 0.15) is 6.07 Å². The Labute approximate surface area is 116 Å². The zero-order valence-electron chi connectivity index (χ0n) is 10.2. The third kappa shape index (κ3) is 2.42. The number of nitrogens with zero attached hydrogens (tertiary/aromatic N) is 1. The highest BCUT2D eigenvalue weighted by Gasteiger charge is 2.02. The monoisotopic (exact) mass is 261 g/mol. The Balaban J connectivity index is 2.07. The largest absolute Gasteiger partial charge is 0.192 e. The first-order valence-corrected chi connectivity index (χ1v) is 6.89. The maximum atomic E-state index is 9.26. The van der Waals surface area contributed by atoms with Crippen molar-refractivity contribution in [2.75, 3.05) is 0 Å². The lowest BCUT2D eigenvalue weighted by atomic mass is 10.0. The molecule has 0 radical (unpaired) electrons. The molecule has 0 bridgehead atoms. The Morgan fingerprint density at radius 3 is 2.58 bits per heavy atom. The zero-order valence-corrected chi connectivity index (χ0v) is 11.0. The average Bonchev–Trinajstić information content (AvgIpc) is 2.98. The van der Waals surface area contributed by atoms with Crippen LogP contribution in [0.4, 0.5) is 0 Å². The molecule has 3 aromatic rings. The van der Waals surface area contributed by atoms with Crippen LogP contribution in [0.15, 0.2) is 60.0 Å². The summed E-state index contributed by atoms with van der Waals surface area (Å²) < 4.78 is 0.